The van der Waals surface area contributed by atoms with Crippen molar-refractivity contribution in [1.82, 2.24) is 0 Å². The first kappa shape index (κ1) is 17.6. The van der Waals surface area contributed by atoms with Gasteiger partial charge in [-0.15, -0.1) is 0 Å². The lowest BCUT2D eigenvalue weighted by molar-refractivity contribution is 0.184. The molecule has 24 heavy (non-hydrogen) atoms. The molecule has 0 aromatic heterocycles. The van der Waals surface area contributed by atoms with Crippen molar-refractivity contribution in [3.63, 3.8) is 0 Å². The summed E-state index contributed by atoms with van der Waals surface area (Å²) in [5.41, 5.74) is 8.87. The molecule has 0 radical (unpaired) electrons. The smallest absolute Gasteiger partial charge is 0.193 e. The molecule has 0 atom stereocenters. The van der Waals surface area contributed by atoms with Crippen LogP contribution >= 0.6 is 0 Å². The highest BCUT2D eigenvalue weighted by atomic mass is 16.5. The van der Waals surface area contributed by atoms with E-state index in [-0.39, 0.29) is 0 Å². The van der Waals surface area contributed by atoms with E-state index in [1.807, 2.05) is 36.4 Å². The largest absolute Gasteiger partial charge is 0.497 e. The number of anilines is 1. The van der Waals surface area contributed by atoms with E-state index in [1.165, 1.54) is 0 Å². The topological polar surface area (TPSA) is 78.1 Å². The highest BCUT2D eigenvalue weighted by Crippen LogP contribution is 2.28. The molecule has 0 saturated carbocycles. The average molecular weight is 329 g/mol. The van der Waals surface area contributed by atoms with Crippen LogP contribution in [0.4, 0.5) is 5.69 Å². The number of hydrogen-bond acceptors (Lipinski definition) is 4. The number of aliphatic imine (C=N–C) groups is 1. The standard InChI is InChI=1S/C18H23N3O3/c1-22-12-14-7-5-4-6-13(14)11-20-18(19)21-16-10-15(23-2)8-9-17(16)24-3/h4-10H,11-12H2,1-3H3,(H3,19,20,21). The Morgan fingerprint density at radius 1 is 1.04 bits per heavy atom. The summed E-state index contributed by atoms with van der Waals surface area (Å²) in [6.45, 7) is 1.01. The van der Waals surface area contributed by atoms with Crippen LogP contribution in [0.25, 0.3) is 0 Å². The molecule has 0 aliphatic rings. The van der Waals surface area contributed by atoms with Crippen molar-refractivity contribution < 1.29 is 14.2 Å². The van der Waals surface area contributed by atoms with Gasteiger partial charge >= 0.3 is 0 Å². The SMILES string of the molecule is COCc1ccccc1CN=C(N)Nc1cc(OC)ccc1OC. The number of nitrogens with two attached hydrogens (primary N) is 1. The molecule has 3 N–H and O–H groups in total. The van der Waals surface area contributed by atoms with E-state index in [0.29, 0.717) is 36.3 Å². The maximum absolute atomic E-state index is 6.00. The van der Waals surface area contributed by atoms with Gasteiger partial charge in [0, 0.05) is 13.2 Å². The fourth-order valence-electron chi connectivity index (χ4n) is 2.27. The van der Waals surface area contributed by atoms with E-state index in [0.717, 1.165) is 11.1 Å². The number of nitrogens with zero attached hydrogens (tertiary/aromatic N) is 1. The van der Waals surface area contributed by atoms with Crippen LogP contribution in [0.3, 0.4) is 0 Å². The maximum atomic E-state index is 6.00. The predicted molar refractivity (Wildman–Crippen MR) is 95.7 cm³/mol. The summed E-state index contributed by atoms with van der Waals surface area (Å²) in [5, 5.41) is 3.05. The molecule has 0 aliphatic carbocycles. The summed E-state index contributed by atoms with van der Waals surface area (Å²) in [6.07, 6.45) is 0. The molecule has 0 bridgehead atoms. The number of hydrogen-bond donors (Lipinski definition) is 2. The van der Waals surface area contributed by atoms with E-state index >= 15 is 0 Å². The summed E-state index contributed by atoms with van der Waals surface area (Å²) in [7, 11) is 4.88. The lowest BCUT2D eigenvalue weighted by Crippen LogP contribution is -2.23. The van der Waals surface area contributed by atoms with E-state index in [4.69, 9.17) is 19.9 Å². The number of rotatable bonds is 7. The van der Waals surface area contributed by atoms with Crippen LogP contribution in [-0.2, 0) is 17.9 Å². The Bertz CT molecular complexity index is 702. The second-order valence-electron chi connectivity index (χ2n) is 5.09. The number of methoxy groups -OCH3 is 3. The fourth-order valence-corrected chi connectivity index (χ4v) is 2.27. The second-order valence-corrected chi connectivity index (χ2v) is 5.09. The Morgan fingerprint density at radius 3 is 2.46 bits per heavy atom. The summed E-state index contributed by atoms with van der Waals surface area (Å²) in [5.74, 6) is 1.67. The number of benzene rings is 2. The van der Waals surface area contributed by atoms with Gasteiger partial charge in [-0.05, 0) is 23.3 Å². The van der Waals surface area contributed by atoms with Gasteiger partial charge in [0.25, 0.3) is 0 Å². The van der Waals surface area contributed by atoms with E-state index in [1.54, 1.807) is 27.4 Å². The van der Waals surface area contributed by atoms with Crippen molar-refractivity contribution in [2.75, 3.05) is 26.6 Å². The minimum absolute atomic E-state index is 0.300. The number of nitrogens with one attached hydrogen (secondary N) is 1. The monoisotopic (exact) mass is 329 g/mol. The Balaban J connectivity index is 2.12. The first-order chi connectivity index (χ1) is 11.7. The van der Waals surface area contributed by atoms with Gasteiger partial charge in [0.1, 0.15) is 11.5 Å². The van der Waals surface area contributed by atoms with Crippen molar-refractivity contribution in [2.24, 2.45) is 10.7 Å². The first-order valence-corrected chi connectivity index (χ1v) is 7.52. The van der Waals surface area contributed by atoms with Gasteiger partial charge in [0.2, 0.25) is 0 Å². The molecule has 0 aliphatic heterocycles. The van der Waals surface area contributed by atoms with E-state index < -0.39 is 0 Å². The molecular formula is C18H23N3O3. The van der Waals surface area contributed by atoms with Crippen molar-refractivity contribution in [3.8, 4) is 11.5 Å². The molecule has 0 heterocycles. The van der Waals surface area contributed by atoms with Crippen molar-refractivity contribution >= 4 is 11.6 Å². The Labute approximate surface area is 142 Å². The van der Waals surface area contributed by atoms with Crippen molar-refractivity contribution in [3.05, 3.63) is 53.6 Å². The third-order valence-electron chi connectivity index (χ3n) is 3.51. The lowest BCUT2D eigenvalue weighted by atomic mass is 10.1. The van der Waals surface area contributed by atoms with Gasteiger partial charge in [-0.25, -0.2) is 4.99 Å². The zero-order valence-electron chi connectivity index (χ0n) is 14.2. The summed E-state index contributed by atoms with van der Waals surface area (Å²) < 4.78 is 15.7. The van der Waals surface area contributed by atoms with E-state index in [2.05, 4.69) is 10.3 Å². The van der Waals surface area contributed by atoms with Gasteiger partial charge in [-0.1, -0.05) is 24.3 Å². The molecule has 6 heteroatoms. The second kappa shape index (κ2) is 8.79. The summed E-state index contributed by atoms with van der Waals surface area (Å²) in [6, 6.07) is 13.4. The Kier molecular flexibility index (Phi) is 6.45. The molecule has 2 aromatic carbocycles. The van der Waals surface area contributed by atoms with E-state index in [9.17, 15) is 0 Å². The summed E-state index contributed by atoms with van der Waals surface area (Å²) >= 11 is 0. The highest BCUT2D eigenvalue weighted by Gasteiger charge is 2.06. The molecule has 128 valence electrons. The Morgan fingerprint density at radius 2 is 1.79 bits per heavy atom. The van der Waals surface area contributed by atoms with Gasteiger partial charge < -0.3 is 25.3 Å². The van der Waals surface area contributed by atoms with Crippen LogP contribution in [0.2, 0.25) is 0 Å². The number of guanidine groups is 1. The third-order valence-corrected chi connectivity index (χ3v) is 3.51. The normalized spacial score (nSPS) is 11.2. The van der Waals surface area contributed by atoms with Gasteiger partial charge in [0.15, 0.2) is 5.96 Å². The van der Waals surface area contributed by atoms with Crippen LogP contribution in [0, 0.1) is 0 Å². The lowest BCUT2D eigenvalue weighted by Gasteiger charge is -2.12. The molecule has 0 unspecified atom stereocenters. The van der Waals surface area contributed by atoms with Crippen LogP contribution in [0.5, 0.6) is 11.5 Å². The molecule has 0 fully saturated rings. The highest BCUT2D eigenvalue weighted by molar-refractivity contribution is 5.94. The molecule has 0 spiro atoms. The minimum atomic E-state index is 0.300. The maximum Gasteiger partial charge on any atom is 0.193 e. The van der Waals surface area contributed by atoms with Crippen LogP contribution in [0.1, 0.15) is 11.1 Å². The molecule has 2 rings (SSSR count). The predicted octanol–water partition coefficient (Wildman–Crippen LogP) is 2.78. The molecule has 0 saturated heterocycles. The molecular weight excluding hydrogens is 306 g/mol. The Hall–Kier alpha value is -2.73. The summed E-state index contributed by atoms with van der Waals surface area (Å²) in [4.78, 5) is 4.39. The van der Waals surface area contributed by atoms with Crippen LogP contribution in [0.15, 0.2) is 47.5 Å². The van der Waals surface area contributed by atoms with Crippen LogP contribution in [-0.4, -0.2) is 27.3 Å². The van der Waals surface area contributed by atoms with Crippen molar-refractivity contribution in [1.29, 1.82) is 0 Å². The third kappa shape index (κ3) is 4.63. The first-order valence-electron chi connectivity index (χ1n) is 7.52. The van der Waals surface area contributed by atoms with Gasteiger partial charge in [-0.3, -0.25) is 0 Å². The van der Waals surface area contributed by atoms with Crippen LogP contribution < -0.4 is 20.5 Å². The fraction of sp³-hybridized carbons (Fsp3) is 0.278. The molecule has 0 amide bonds. The van der Waals surface area contributed by atoms with Gasteiger partial charge in [0.05, 0.1) is 33.1 Å². The minimum Gasteiger partial charge on any atom is -0.497 e. The zero-order valence-corrected chi connectivity index (χ0v) is 14.2. The average Bonchev–Trinajstić information content (AvgIpc) is 2.61. The quantitative estimate of drug-likeness (QED) is 0.603. The van der Waals surface area contributed by atoms with Crippen molar-refractivity contribution in [2.45, 2.75) is 13.2 Å². The number of ether oxygens (including phenoxy) is 3. The zero-order chi connectivity index (χ0) is 17.4. The molecule has 6 nitrogen and oxygen atoms in total. The van der Waals surface area contributed by atoms with Gasteiger partial charge in [-0.2, -0.15) is 0 Å². The molecule has 2 aromatic rings.